The fraction of sp³-hybridized carbons (Fsp3) is 0.833. The molecule has 3 atom stereocenters. The number of carbonyl (C=O) groups excluding carboxylic acids is 2. The Hall–Kier alpha value is -0.820. The third-order valence-corrected chi connectivity index (χ3v) is 4.05. The normalized spacial score (nSPS) is 25.2. The highest BCUT2D eigenvalue weighted by Gasteiger charge is 2.33. The number of hydrogen-bond acceptors (Lipinski definition) is 4. The molecular weight excluding hydrogens is 269 g/mol. The quantitative estimate of drug-likeness (QED) is 0.692. The zero-order valence-electron chi connectivity index (χ0n) is 11.4. The van der Waals surface area contributed by atoms with E-state index in [4.69, 9.17) is 5.73 Å². The van der Waals surface area contributed by atoms with Gasteiger partial charge in [0.2, 0.25) is 11.8 Å². The Morgan fingerprint density at radius 2 is 2.26 bits per heavy atom. The van der Waals surface area contributed by atoms with Crippen LogP contribution >= 0.6 is 11.8 Å². The van der Waals surface area contributed by atoms with Gasteiger partial charge in [-0.15, -0.1) is 0 Å². The molecule has 1 fully saturated rings. The average Bonchev–Trinajstić information content (AvgIpc) is 2.65. The predicted molar refractivity (Wildman–Crippen MR) is 74.6 cm³/mol. The molecule has 0 spiro atoms. The van der Waals surface area contributed by atoms with Crippen LogP contribution in [0, 0.1) is 5.92 Å². The third-order valence-electron chi connectivity index (χ3n) is 3.21. The molecule has 0 aromatic heterocycles. The maximum atomic E-state index is 13.4. The van der Waals surface area contributed by atoms with Crippen LogP contribution in [0.1, 0.15) is 13.3 Å². The molecule has 19 heavy (non-hydrogen) atoms. The molecule has 7 heteroatoms. The number of rotatable bonds is 7. The van der Waals surface area contributed by atoms with Crippen LogP contribution in [-0.4, -0.2) is 60.6 Å². The Morgan fingerprint density at radius 3 is 2.84 bits per heavy atom. The van der Waals surface area contributed by atoms with Gasteiger partial charge in [0.15, 0.2) is 0 Å². The lowest BCUT2D eigenvalue weighted by atomic mass is 10.1. The fourth-order valence-electron chi connectivity index (χ4n) is 2.25. The van der Waals surface area contributed by atoms with Crippen LogP contribution < -0.4 is 11.1 Å². The second-order valence-corrected chi connectivity index (χ2v) is 5.89. The second-order valence-electron chi connectivity index (χ2n) is 4.98. The van der Waals surface area contributed by atoms with Gasteiger partial charge in [0, 0.05) is 30.8 Å². The van der Waals surface area contributed by atoms with E-state index in [1.807, 2.05) is 13.2 Å². The number of alkyl halides is 1. The molecule has 1 aliphatic heterocycles. The summed E-state index contributed by atoms with van der Waals surface area (Å²) in [4.78, 5) is 24.4. The number of halogens is 1. The van der Waals surface area contributed by atoms with Crippen molar-refractivity contribution in [1.29, 1.82) is 0 Å². The van der Waals surface area contributed by atoms with Crippen molar-refractivity contribution in [3.05, 3.63) is 0 Å². The van der Waals surface area contributed by atoms with Crippen molar-refractivity contribution < 1.29 is 14.0 Å². The highest BCUT2D eigenvalue weighted by molar-refractivity contribution is 7.98. The monoisotopic (exact) mass is 291 g/mol. The first-order chi connectivity index (χ1) is 8.93. The van der Waals surface area contributed by atoms with Crippen molar-refractivity contribution in [1.82, 2.24) is 10.2 Å². The van der Waals surface area contributed by atoms with Gasteiger partial charge in [-0.3, -0.25) is 14.5 Å². The molecule has 1 rings (SSSR count). The van der Waals surface area contributed by atoms with Crippen LogP contribution in [0.25, 0.3) is 0 Å². The number of nitrogens with two attached hydrogens (primary N) is 1. The summed E-state index contributed by atoms with van der Waals surface area (Å²) in [5.74, 6) is 0.187. The Kier molecular flexibility index (Phi) is 6.57. The summed E-state index contributed by atoms with van der Waals surface area (Å²) in [6, 6.07) is -0.145. The molecule has 110 valence electrons. The average molecular weight is 291 g/mol. The Labute approximate surface area is 117 Å². The van der Waals surface area contributed by atoms with E-state index >= 15 is 0 Å². The van der Waals surface area contributed by atoms with Gasteiger partial charge in [0.05, 0.1) is 6.54 Å². The summed E-state index contributed by atoms with van der Waals surface area (Å²) in [6.45, 7) is 2.48. The van der Waals surface area contributed by atoms with Crippen LogP contribution in [0.4, 0.5) is 4.39 Å². The minimum atomic E-state index is -0.954. The molecule has 0 saturated carbocycles. The summed E-state index contributed by atoms with van der Waals surface area (Å²) >= 11 is 1.61. The Balaban J connectivity index is 2.41. The molecule has 3 N–H and O–H groups in total. The number of hydrogen-bond donors (Lipinski definition) is 2. The van der Waals surface area contributed by atoms with Gasteiger partial charge in [-0.2, -0.15) is 11.8 Å². The smallest absolute Gasteiger partial charge is 0.231 e. The molecular formula is C12H22FN3O2S. The van der Waals surface area contributed by atoms with Gasteiger partial charge < -0.3 is 11.1 Å². The van der Waals surface area contributed by atoms with E-state index in [9.17, 15) is 14.0 Å². The van der Waals surface area contributed by atoms with Crippen molar-refractivity contribution in [2.75, 3.05) is 31.6 Å². The van der Waals surface area contributed by atoms with Crippen LogP contribution in [0.2, 0.25) is 0 Å². The number of primary amides is 1. The summed E-state index contributed by atoms with van der Waals surface area (Å²) in [5.41, 5.74) is 5.13. The lowest BCUT2D eigenvalue weighted by Gasteiger charge is -2.23. The van der Waals surface area contributed by atoms with Gasteiger partial charge in [0.1, 0.15) is 6.17 Å². The minimum Gasteiger partial charge on any atom is -0.369 e. The van der Waals surface area contributed by atoms with E-state index in [0.717, 1.165) is 5.75 Å². The first-order valence-electron chi connectivity index (χ1n) is 6.37. The van der Waals surface area contributed by atoms with E-state index in [1.165, 1.54) is 0 Å². The first-order valence-corrected chi connectivity index (χ1v) is 7.76. The van der Waals surface area contributed by atoms with Crippen molar-refractivity contribution in [2.45, 2.75) is 25.6 Å². The molecule has 1 saturated heterocycles. The van der Waals surface area contributed by atoms with Crippen LogP contribution in [0.3, 0.4) is 0 Å². The summed E-state index contributed by atoms with van der Waals surface area (Å²) in [6.07, 6.45) is 1.33. The topological polar surface area (TPSA) is 75.4 Å². The molecule has 0 radical (unpaired) electrons. The lowest BCUT2D eigenvalue weighted by Crippen LogP contribution is -2.44. The molecule has 0 bridgehead atoms. The van der Waals surface area contributed by atoms with Gasteiger partial charge >= 0.3 is 0 Å². The molecule has 5 nitrogen and oxygen atoms in total. The van der Waals surface area contributed by atoms with Crippen molar-refractivity contribution in [3.63, 3.8) is 0 Å². The number of nitrogens with one attached hydrogen (secondary N) is 1. The van der Waals surface area contributed by atoms with Crippen molar-refractivity contribution >= 4 is 23.6 Å². The number of thioether (sulfide) groups is 1. The van der Waals surface area contributed by atoms with E-state index in [-0.39, 0.29) is 31.0 Å². The molecule has 2 amide bonds. The van der Waals surface area contributed by atoms with Crippen LogP contribution in [-0.2, 0) is 9.59 Å². The summed E-state index contributed by atoms with van der Waals surface area (Å²) < 4.78 is 13.4. The molecule has 1 heterocycles. The number of carbonyl (C=O) groups is 2. The van der Waals surface area contributed by atoms with Crippen molar-refractivity contribution in [3.8, 4) is 0 Å². The standard InChI is InChI=1S/C12H22FN3O2S/c1-8(7-19-2)12(18)15-4-10-3-9(13)5-16(10)6-11(14)17/h8-10H,3-7H2,1-2H3,(H2,14,17)(H,15,18)/t8-,9-,10-/m0/s1. The lowest BCUT2D eigenvalue weighted by molar-refractivity contribution is -0.124. The van der Waals surface area contributed by atoms with Gasteiger partial charge in [0.25, 0.3) is 0 Å². The second kappa shape index (κ2) is 7.69. The first kappa shape index (κ1) is 16.2. The Morgan fingerprint density at radius 1 is 1.58 bits per heavy atom. The SMILES string of the molecule is CSC[C@H](C)C(=O)NC[C@@H]1C[C@H](F)CN1CC(N)=O. The van der Waals surface area contributed by atoms with E-state index in [2.05, 4.69) is 5.32 Å². The van der Waals surface area contributed by atoms with Crippen molar-refractivity contribution in [2.24, 2.45) is 11.7 Å². The van der Waals surface area contributed by atoms with Gasteiger partial charge in [-0.1, -0.05) is 6.92 Å². The van der Waals surface area contributed by atoms with E-state index < -0.39 is 12.1 Å². The minimum absolute atomic E-state index is 0.0318. The largest absolute Gasteiger partial charge is 0.369 e. The van der Waals surface area contributed by atoms with Crippen LogP contribution in [0.15, 0.2) is 0 Å². The van der Waals surface area contributed by atoms with Gasteiger partial charge in [-0.05, 0) is 12.7 Å². The maximum absolute atomic E-state index is 13.4. The maximum Gasteiger partial charge on any atom is 0.231 e. The van der Waals surface area contributed by atoms with Crippen LogP contribution in [0.5, 0.6) is 0 Å². The zero-order chi connectivity index (χ0) is 14.4. The number of nitrogens with zero attached hydrogens (tertiary/aromatic N) is 1. The molecule has 0 aromatic rings. The highest BCUT2D eigenvalue weighted by Crippen LogP contribution is 2.19. The molecule has 0 aromatic carbocycles. The van der Waals surface area contributed by atoms with E-state index in [1.54, 1.807) is 16.7 Å². The van der Waals surface area contributed by atoms with Gasteiger partial charge in [-0.25, -0.2) is 4.39 Å². The molecule has 0 unspecified atom stereocenters. The number of likely N-dealkylation sites (tertiary alicyclic amines) is 1. The highest BCUT2D eigenvalue weighted by atomic mass is 32.2. The molecule has 0 aliphatic carbocycles. The number of amides is 2. The Bertz CT molecular complexity index is 330. The molecule has 1 aliphatic rings. The summed E-state index contributed by atoms with van der Waals surface area (Å²) in [5, 5.41) is 2.82. The third kappa shape index (κ3) is 5.36. The fourth-order valence-corrected chi connectivity index (χ4v) is 2.90. The summed E-state index contributed by atoms with van der Waals surface area (Å²) in [7, 11) is 0. The zero-order valence-corrected chi connectivity index (χ0v) is 12.2. The predicted octanol–water partition coefficient (Wildman–Crippen LogP) is -0.000600. The van der Waals surface area contributed by atoms with E-state index in [0.29, 0.717) is 13.0 Å².